The standard InChI is InChI=1S/C15H19F3N4O2/c16-15(17,18)10-3-1-4-11(7-10)22-14(24)20-9-13(23)21-12-5-2-6-19-8-12/h2,5-6,8,10-11H,1,3-4,7,9H2,(H,21,23)(H2,20,22,24)/t10-,11-/m0/s1. The molecule has 6 nitrogen and oxygen atoms in total. The normalized spacial score (nSPS) is 21.0. The average Bonchev–Trinajstić information content (AvgIpc) is 2.53. The molecule has 1 aromatic rings. The molecule has 3 N–H and O–H groups in total. The number of urea groups is 1. The van der Waals surface area contributed by atoms with Crippen LogP contribution in [0.4, 0.5) is 23.7 Å². The van der Waals surface area contributed by atoms with Gasteiger partial charge >= 0.3 is 12.2 Å². The van der Waals surface area contributed by atoms with Crippen molar-refractivity contribution in [2.45, 2.75) is 37.9 Å². The van der Waals surface area contributed by atoms with Crippen LogP contribution in [0, 0.1) is 5.92 Å². The van der Waals surface area contributed by atoms with Crippen LogP contribution in [0.2, 0.25) is 0 Å². The molecule has 0 radical (unpaired) electrons. The van der Waals surface area contributed by atoms with Gasteiger partial charge in [0.2, 0.25) is 5.91 Å². The van der Waals surface area contributed by atoms with Crippen LogP contribution in [0.3, 0.4) is 0 Å². The third-order valence-electron chi connectivity index (χ3n) is 3.83. The van der Waals surface area contributed by atoms with Gasteiger partial charge in [0, 0.05) is 12.2 Å². The highest BCUT2D eigenvalue weighted by Gasteiger charge is 2.42. The fourth-order valence-electron chi connectivity index (χ4n) is 2.66. The molecule has 132 valence electrons. The number of carbonyl (C=O) groups is 2. The number of halogens is 3. The summed E-state index contributed by atoms with van der Waals surface area (Å²) in [7, 11) is 0. The second-order valence-electron chi connectivity index (χ2n) is 5.72. The van der Waals surface area contributed by atoms with Crippen molar-refractivity contribution in [3.8, 4) is 0 Å². The van der Waals surface area contributed by atoms with Crippen LogP contribution >= 0.6 is 0 Å². The summed E-state index contributed by atoms with van der Waals surface area (Å²) in [6.07, 6.45) is -0.342. The zero-order chi connectivity index (χ0) is 17.6. The Morgan fingerprint density at radius 3 is 2.75 bits per heavy atom. The van der Waals surface area contributed by atoms with E-state index in [0.29, 0.717) is 18.5 Å². The van der Waals surface area contributed by atoms with E-state index in [0.717, 1.165) is 0 Å². The van der Waals surface area contributed by atoms with E-state index >= 15 is 0 Å². The van der Waals surface area contributed by atoms with E-state index in [-0.39, 0.29) is 19.4 Å². The maximum Gasteiger partial charge on any atom is 0.391 e. The van der Waals surface area contributed by atoms with Crippen LogP contribution < -0.4 is 16.0 Å². The van der Waals surface area contributed by atoms with E-state index in [1.165, 1.54) is 6.20 Å². The SMILES string of the molecule is O=C(CNC(=O)N[C@H]1CCC[C@H](C(F)(F)F)C1)Nc1cccnc1. The number of nitrogens with zero attached hydrogens (tertiary/aromatic N) is 1. The number of anilines is 1. The van der Waals surface area contributed by atoms with Crippen LogP contribution in [0.5, 0.6) is 0 Å². The van der Waals surface area contributed by atoms with Gasteiger partial charge in [0.1, 0.15) is 0 Å². The Morgan fingerprint density at radius 2 is 2.08 bits per heavy atom. The van der Waals surface area contributed by atoms with E-state index < -0.39 is 30.1 Å². The molecule has 1 aromatic heterocycles. The van der Waals surface area contributed by atoms with Gasteiger partial charge in [0.15, 0.2) is 0 Å². The molecule has 3 amide bonds. The van der Waals surface area contributed by atoms with Gasteiger partial charge in [-0.3, -0.25) is 9.78 Å². The number of alkyl halides is 3. The minimum absolute atomic E-state index is 0.0941. The number of hydrogen-bond donors (Lipinski definition) is 3. The number of nitrogens with one attached hydrogen (secondary N) is 3. The van der Waals surface area contributed by atoms with Crippen molar-refractivity contribution in [1.82, 2.24) is 15.6 Å². The van der Waals surface area contributed by atoms with Gasteiger partial charge in [-0.15, -0.1) is 0 Å². The molecule has 0 spiro atoms. The van der Waals surface area contributed by atoms with E-state index in [2.05, 4.69) is 20.9 Å². The second kappa shape index (κ2) is 7.98. The van der Waals surface area contributed by atoms with Crippen molar-refractivity contribution >= 4 is 17.6 Å². The maximum atomic E-state index is 12.7. The highest BCUT2D eigenvalue weighted by atomic mass is 19.4. The van der Waals surface area contributed by atoms with Crippen LogP contribution in [0.15, 0.2) is 24.5 Å². The third-order valence-corrected chi connectivity index (χ3v) is 3.83. The molecule has 0 aromatic carbocycles. The van der Waals surface area contributed by atoms with Gasteiger partial charge in [0.25, 0.3) is 0 Å². The molecule has 0 saturated heterocycles. The van der Waals surface area contributed by atoms with Crippen LogP contribution in [-0.4, -0.2) is 35.7 Å². The molecule has 0 unspecified atom stereocenters. The van der Waals surface area contributed by atoms with E-state index in [4.69, 9.17) is 0 Å². The molecule has 1 fully saturated rings. The highest BCUT2D eigenvalue weighted by Crippen LogP contribution is 2.37. The minimum atomic E-state index is -4.24. The Balaban J connectivity index is 1.72. The first-order valence-corrected chi connectivity index (χ1v) is 7.65. The molecule has 9 heteroatoms. The number of carbonyl (C=O) groups excluding carboxylic acids is 2. The Bertz CT molecular complexity index is 566. The number of pyridine rings is 1. The van der Waals surface area contributed by atoms with E-state index in [1.807, 2.05) is 0 Å². The number of amides is 3. The quantitative estimate of drug-likeness (QED) is 0.784. The molecular formula is C15H19F3N4O2. The van der Waals surface area contributed by atoms with Gasteiger partial charge in [-0.1, -0.05) is 6.42 Å². The first kappa shape index (κ1) is 18.0. The number of hydrogen-bond acceptors (Lipinski definition) is 3. The maximum absolute atomic E-state index is 12.7. The minimum Gasteiger partial charge on any atom is -0.335 e. The summed E-state index contributed by atoms with van der Waals surface area (Å²) >= 11 is 0. The topological polar surface area (TPSA) is 83.1 Å². The summed E-state index contributed by atoms with van der Waals surface area (Å²) in [4.78, 5) is 27.2. The summed E-state index contributed by atoms with van der Waals surface area (Å²) in [5.41, 5.74) is 0.491. The Kier molecular flexibility index (Phi) is 5.99. The number of aromatic nitrogens is 1. The first-order chi connectivity index (χ1) is 11.3. The lowest BCUT2D eigenvalue weighted by atomic mass is 9.85. The van der Waals surface area contributed by atoms with Crippen molar-refractivity contribution < 1.29 is 22.8 Å². The van der Waals surface area contributed by atoms with Crippen LogP contribution in [0.1, 0.15) is 25.7 Å². The second-order valence-corrected chi connectivity index (χ2v) is 5.72. The third kappa shape index (κ3) is 5.71. The van der Waals surface area contributed by atoms with Crippen molar-refractivity contribution in [2.24, 2.45) is 5.92 Å². The fourth-order valence-corrected chi connectivity index (χ4v) is 2.66. The summed E-state index contributed by atoms with van der Waals surface area (Å²) in [6.45, 7) is -0.282. The summed E-state index contributed by atoms with van der Waals surface area (Å²) in [6, 6.07) is 2.11. The molecule has 2 rings (SSSR count). The predicted octanol–water partition coefficient (Wildman–Crippen LogP) is 2.44. The van der Waals surface area contributed by atoms with E-state index in [1.54, 1.807) is 18.3 Å². The van der Waals surface area contributed by atoms with Gasteiger partial charge in [0.05, 0.1) is 24.3 Å². The Morgan fingerprint density at radius 1 is 1.29 bits per heavy atom. The van der Waals surface area contributed by atoms with Crippen molar-refractivity contribution in [3.63, 3.8) is 0 Å². The molecule has 2 atom stereocenters. The Labute approximate surface area is 137 Å². The molecule has 0 bridgehead atoms. The predicted molar refractivity (Wildman–Crippen MR) is 81.2 cm³/mol. The number of rotatable bonds is 4. The highest BCUT2D eigenvalue weighted by molar-refractivity contribution is 5.94. The lowest BCUT2D eigenvalue weighted by Crippen LogP contribution is -2.47. The summed E-state index contributed by atoms with van der Waals surface area (Å²) < 4.78 is 38.2. The molecule has 24 heavy (non-hydrogen) atoms. The van der Waals surface area contributed by atoms with E-state index in [9.17, 15) is 22.8 Å². The largest absolute Gasteiger partial charge is 0.391 e. The summed E-state index contributed by atoms with van der Waals surface area (Å²) in [5.74, 6) is -1.83. The molecular weight excluding hydrogens is 325 g/mol. The smallest absolute Gasteiger partial charge is 0.335 e. The molecule has 1 heterocycles. The lowest BCUT2D eigenvalue weighted by Gasteiger charge is -2.30. The molecule has 1 aliphatic carbocycles. The molecule has 1 aliphatic rings. The van der Waals surface area contributed by atoms with Crippen LogP contribution in [-0.2, 0) is 4.79 Å². The van der Waals surface area contributed by atoms with Gasteiger partial charge in [-0.25, -0.2) is 4.79 Å². The lowest BCUT2D eigenvalue weighted by molar-refractivity contribution is -0.183. The molecule has 1 saturated carbocycles. The zero-order valence-corrected chi connectivity index (χ0v) is 12.9. The average molecular weight is 344 g/mol. The zero-order valence-electron chi connectivity index (χ0n) is 12.9. The van der Waals surface area contributed by atoms with Crippen LogP contribution in [0.25, 0.3) is 0 Å². The van der Waals surface area contributed by atoms with Gasteiger partial charge < -0.3 is 16.0 Å². The first-order valence-electron chi connectivity index (χ1n) is 7.65. The van der Waals surface area contributed by atoms with Gasteiger partial charge in [-0.05, 0) is 31.4 Å². The van der Waals surface area contributed by atoms with Crippen molar-refractivity contribution in [3.05, 3.63) is 24.5 Å². The Hall–Kier alpha value is -2.32. The van der Waals surface area contributed by atoms with Crippen molar-refractivity contribution in [1.29, 1.82) is 0 Å². The van der Waals surface area contributed by atoms with Crippen molar-refractivity contribution in [2.75, 3.05) is 11.9 Å². The van der Waals surface area contributed by atoms with Gasteiger partial charge in [-0.2, -0.15) is 13.2 Å². The monoisotopic (exact) mass is 344 g/mol. The summed E-state index contributed by atoms with van der Waals surface area (Å²) in [5, 5.41) is 7.37. The fraction of sp³-hybridized carbons (Fsp3) is 0.533. The molecule has 0 aliphatic heterocycles.